The van der Waals surface area contributed by atoms with Crippen LogP contribution in [-0.2, 0) is 0 Å². The Kier molecular flexibility index (Phi) is 3.05. The molecule has 0 radical (unpaired) electrons. The summed E-state index contributed by atoms with van der Waals surface area (Å²) in [6.07, 6.45) is 0. The number of aromatic amines is 1. The Morgan fingerprint density at radius 1 is 1.06 bits per heavy atom. The van der Waals surface area contributed by atoms with E-state index in [9.17, 15) is 4.79 Å². The molecule has 0 spiro atoms. The molecular weight excluding hydrogens is 232 g/mol. The van der Waals surface area contributed by atoms with Gasteiger partial charge in [-0.15, -0.1) is 5.10 Å². The predicted molar refractivity (Wildman–Crippen MR) is 65.3 cm³/mol. The van der Waals surface area contributed by atoms with Gasteiger partial charge in [-0.3, -0.25) is 15.2 Å². The highest BCUT2D eigenvalue weighted by Gasteiger charge is 2.16. The molecule has 0 aliphatic carbocycles. The SMILES string of the molecule is Cc1nnc(NC(=O)c2c(C)n[nH]c2C)nc1C. The topological polar surface area (TPSA) is 96.5 Å². The largest absolute Gasteiger partial charge is 0.289 e. The first kappa shape index (κ1) is 12.2. The van der Waals surface area contributed by atoms with E-state index in [0.29, 0.717) is 17.0 Å². The summed E-state index contributed by atoms with van der Waals surface area (Å²) < 4.78 is 0. The zero-order chi connectivity index (χ0) is 13.3. The van der Waals surface area contributed by atoms with Gasteiger partial charge in [-0.1, -0.05) is 0 Å². The molecule has 0 atom stereocenters. The summed E-state index contributed by atoms with van der Waals surface area (Å²) in [4.78, 5) is 16.2. The van der Waals surface area contributed by atoms with Gasteiger partial charge in [0.05, 0.1) is 22.6 Å². The van der Waals surface area contributed by atoms with Gasteiger partial charge in [0.25, 0.3) is 5.91 Å². The second-order valence-corrected chi connectivity index (χ2v) is 4.07. The van der Waals surface area contributed by atoms with E-state index >= 15 is 0 Å². The van der Waals surface area contributed by atoms with Gasteiger partial charge in [-0.05, 0) is 27.7 Å². The lowest BCUT2D eigenvalue weighted by atomic mass is 10.2. The number of anilines is 1. The monoisotopic (exact) mass is 246 g/mol. The molecule has 2 aromatic rings. The quantitative estimate of drug-likeness (QED) is 0.826. The molecule has 0 unspecified atom stereocenters. The van der Waals surface area contributed by atoms with Crippen LogP contribution >= 0.6 is 0 Å². The average Bonchev–Trinajstić information content (AvgIpc) is 2.64. The Morgan fingerprint density at radius 2 is 1.78 bits per heavy atom. The van der Waals surface area contributed by atoms with E-state index < -0.39 is 0 Å². The predicted octanol–water partition coefficient (Wildman–Crippen LogP) is 1.08. The average molecular weight is 246 g/mol. The highest BCUT2D eigenvalue weighted by molar-refractivity contribution is 6.04. The van der Waals surface area contributed by atoms with Crippen molar-refractivity contribution in [2.24, 2.45) is 0 Å². The van der Waals surface area contributed by atoms with Crippen LogP contribution in [0, 0.1) is 27.7 Å². The lowest BCUT2D eigenvalue weighted by Gasteiger charge is -2.04. The maximum absolute atomic E-state index is 12.0. The number of nitrogens with zero attached hydrogens (tertiary/aromatic N) is 4. The molecule has 2 heterocycles. The molecule has 7 nitrogen and oxygen atoms in total. The Hall–Kier alpha value is -2.31. The molecular formula is C11H14N6O. The van der Waals surface area contributed by atoms with E-state index in [1.54, 1.807) is 13.8 Å². The number of nitrogens with one attached hydrogen (secondary N) is 2. The van der Waals surface area contributed by atoms with Crippen LogP contribution in [0.5, 0.6) is 0 Å². The second kappa shape index (κ2) is 4.52. The number of rotatable bonds is 2. The number of aromatic nitrogens is 5. The van der Waals surface area contributed by atoms with Crippen molar-refractivity contribution in [3.8, 4) is 0 Å². The molecule has 7 heteroatoms. The molecule has 0 aliphatic rings. The third-order valence-electron chi connectivity index (χ3n) is 2.67. The van der Waals surface area contributed by atoms with E-state index in [1.165, 1.54) is 0 Å². The summed E-state index contributed by atoms with van der Waals surface area (Å²) in [7, 11) is 0. The Morgan fingerprint density at radius 3 is 2.33 bits per heavy atom. The normalized spacial score (nSPS) is 10.4. The van der Waals surface area contributed by atoms with E-state index in [2.05, 4.69) is 30.7 Å². The smallest absolute Gasteiger partial charge is 0.261 e. The van der Waals surface area contributed by atoms with Gasteiger partial charge in [0.2, 0.25) is 5.95 Å². The summed E-state index contributed by atoms with van der Waals surface area (Å²) in [6, 6.07) is 0. The van der Waals surface area contributed by atoms with Gasteiger partial charge in [0.1, 0.15) is 0 Å². The summed E-state index contributed by atoms with van der Waals surface area (Å²) in [5, 5.41) is 17.1. The molecule has 0 saturated carbocycles. The number of aryl methyl sites for hydroxylation is 4. The number of hydrogen-bond donors (Lipinski definition) is 2. The minimum atomic E-state index is -0.288. The molecule has 2 N–H and O–H groups in total. The number of carbonyl (C=O) groups is 1. The van der Waals surface area contributed by atoms with Crippen molar-refractivity contribution < 1.29 is 4.79 Å². The van der Waals surface area contributed by atoms with Crippen molar-refractivity contribution in [3.05, 3.63) is 28.3 Å². The van der Waals surface area contributed by atoms with Crippen molar-refractivity contribution >= 4 is 11.9 Å². The van der Waals surface area contributed by atoms with Crippen LogP contribution in [0.1, 0.15) is 33.1 Å². The van der Waals surface area contributed by atoms with Gasteiger partial charge in [-0.2, -0.15) is 10.2 Å². The summed E-state index contributed by atoms with van der Waals surface area (Å²) >= 11 is 0. The van der Waals surface area contributed by atoms with E-state index in [1.807, 2.05) is 13.8 Å². The maximum atomic E-state index is 12.0. The van der Waals surface area contributed by atoms with Crippen LogP contribution in [0.15, 0.2) is 0 Å². The Bertz CT molecular complexity index is 584. The highest BCUT2D eigenvalue weighted by Crippen LogP contribution is 2.11. The highest BCUT2D eigenvalue weighted by atomic mass is 16.1. The van der Waals surface area contributed by atoms with Crippen LogP contribution < -0.4 is 5.32 Å². The molecule has 2 rings (SSSR count). The third-order valence-corrected chi connectivity index (χ3v) is 2.67. The lowest BCUT2D eigenvalue weighted by Crippen LogP contribution is -2.17. The van der Waals surface area contributed by atoms with E-state index in [0.717, 1.165) is 11.4 Å². The summed E-state index contributed by atoms with van der Waals surface area (Å²) in [5.41, 5.74) is 3.34. The van der Waals surface area contributed by atoms with E-state index in [4.69, 9.17) is 0 Å². The fourth-order valence-corrected chi connectivity index (χ4v) is 1.56. The molecule has 1 amide bonds. The van der Waals surface area contributed by atoms with Crippen LogP contribution in [0.3, 0.4) is 0 Å². The second-order valence-electron chi connectivity index (χ2n) is 4.07. The van der Waals surface area contributed by atoms with E-state index in [-0.39, 0.29) is 11.9 Å². The van der Waals surface area contributed by atoms with Gasteiger partial charge in [0.15, 0.2) is 0 Å². The van der Waals surface area contributed by atoms with Crippen molar-refractivity contribution in [2.45, 2.75) is 27.7 Å². The van der Waals surface area contributed by atoms with Crippen LogP contribution in [0.4, 0.5) is 5.95 Å². The number of amides is 1. The molecule has 2 aromatic heterocycles. The number of carbonyl (C=O) groups excluding carboxylic acids is 1. The van der Waals surface area contributed by atoms with Crippen LogP contribution in [-0.4, -0.2) is 31.3 Å². The summed E-state index contributed by atoms with van der Waals surface area (Å²) in [5.74, 6) is -0.0908. The Balaban J connectivity index is 2.24. The van der Waals surface area contributed by atoms with Crippen molar-refractivity contribution in [2.75, 3.05) is 5.32 Å². The fraction of sp³-hybridized carbons (Fsp3) is 0.364. The minimum Gasteiger partial charge on any atom is -0.289 e. The molecule has 94 valence electrons. The molecule has 0 saturated heterocycles. The van der Waals surface area contributed by atoms with Gasteiger partial charge >= 0.3 is 0 Å². The third kappa shape index (κ3) is 2.20. The van der Waals surface area contributed by atoms with Gasteiger partial charge in [-0.25, -0.2) is 4.98 Å². The van der Waals surface area contributed by atoms with Crippen molar-refractivity contribution in [1.29, 1.82) is 0 Å². The van der Waals surface area contributed by atoms with Gasteiger partial charge < -0.3 is 0 Å². The molecule has 0 fully saturated rings. The zero-order valence-electron chi connectivity index (χ0n) is 10.7. The van der Waals surface area contributed by atoms with Crippen molar-refractivity contribution in [3.63, 3.8) is 0 Å². The first-order valence-corrected chi connectivity index (χ1v) is 5.50. The first-order chi connectivity index (χ1) is 8.49. The lowest BCUT2D eigenvalue weighted by molar-refractivity contribution is 0.102. The molecule has 0 bridgehead atoms. The zero-order valence-corrected chi connectivity index (χ0v) is 10.7. The fourth-order valence-electron chi connectivity index (χ4n) is 1.56. The van der Waals surface area contributed by atoms with Crippen molar-refractivity contribution in [1.82, 2.24) is 25.4 Å². The standard InChI is InChI=1S/C11H14N6O/c1-5-6(2)14-17-11(12-5)13-10(18)9-7(3)15-16-8(9)4/h1-4H3,(H,15,16)(H,12,13,17,18). The number of H-pyrrole nitrogens is 1. The van der Waals surface area contributed by atoms with Crippen LogP contribution in [0.25, 0.3) is 0 Å². The molecule has 0 aromatic carbocycles. The molecule has 18 heavy (non-hydrogen) atoms. The Labute approximate surface area is 104 Å². The van der Waals surface area contributed by atoms with Gasteiger partial charge in [0, 0.05) is 5.69 Å². The van der Waals surface area contributed by atoms with Crippen LogP contribution in [0.2, 0.25) is 0 Å². The number of hydrogen-bond acceptors (Lipinski definition) is 5. The first-order valence-electron chi connectivity index (χ1n) is 5.50. The molecule has 0 aliphatic heterocycles. The maximum Gasteiger partial charge on any atom is 0.261 e. The minimum absolute atomic E-state index is 0.197. The summed E-state index contributed by atoms with van der Waals surface area (Å²) in [6.45, 7) is 7.17.